The number of benzene rings is 2. The van der Waals surface area contributed by atoms with Gasteiger partial charge in [0.1, 0.15) is 5.75 Å². The average Bonchev–Trinajstić information content (AvgIpc) is 2.80. The van der Waals surface area contributed by atoms with E-state index in [1.165, 1.54) is 0 Å². The van der Waals surface area contributed by atoms with Crippen LogP contribution in [-0.4, -0.2) is 21.4 Å². The predicted molar refractivity (Wildman–Crippen MR) is 84.7 cm³/mol. The van der Waals surface area contributed by atoms with Crippen LogP contribution in [0, 0.1) is 5.41 Å². The van der Waals surface area contributed by atoms with Gasteiger partial charge < -0.3 is 19.0 Å². The van der Waals surface area contributed by atoms with Crippen LogP contribution in [0.3, 0.4) is 0 Å². The van der Waals surface area contributed by atoms with Crippen LogP contribution in [-0.2, 0) is 13.6 Å². The number of nitrogens with zero attached hydrogens (tertiary/aromatic N) is 2. The first-order valence-corrected chi connectivity index (χ1v) is 7.12. The quantitative estimate of drug-likeness (QED) is 0.775. The Hall–Kier alpha value is -2.53. The van der Waals surface area contributed by atoms with E-state index in [1.54, 1.807) is 7.11 Å². The lowest BCUT2D eigenvalue weighted by Crippen LogP contribution is -2.25. The molecule has 0 spiro atoms. The molecule has 0 amide bonds. The van der Waals surface area contributed by atoms with Gasteiger partial charge in [-0.1, -0.05) is 24.3 Å². The van der Waals surface area contributed by atoms with E-state index >= 15 is 0 Å². The second-order valence-corrected chi connectivity index (χ2v) is 5.27. The highest BCUT2D eigenvalue weighted by molar-refractivity contribution is 5.75. The first-order chi connectivity index (χ1) is 10.6. The molecule has 0 bridgehead atoms. The molecule has 5 nitrogen and oxygen atoms in total. The summed E-state index contributed by atoms with van der Waals surface area (Å²) < 4.78 is 8.77. The van der Waals surface area contributed by atoms with Crippen LogP contribution in [0.15, 0.2) is 48.5 Å². The maximum absolute atomic E-state index is 10.5. The van der Waals surface area contributed by atoms with Gasteiger partial charge in [-0.15, -0.1) is 0 Å². The zero-order valence-corrected chi connectivity index (χ0v) is 12.7. The molecule has 0 aliphatic carbocycles. The minimum absolute atomic E-state index is 0.340. The fraction of sp³-hybridized carbons (Fsp3) is 0.235. The van der Waals surface area contributed by atoms with E-state index in [-0.39, 0.29) is 0 Å². The lowest BCUT2D eigenvalue weighted by molar-refractivity contribution is 0.155. The topological polar surface area (TPSA) is 63.2 Å². The van der Waals surface area contributed by atoms with Gasteiger partial charge in [-0.3, -0.25) is 5.41 Å². The Morgan fingerprint density at radius 1 is 1.09 bits per heavy atom. The number of ether oxygens (including phenoxy) is 1. The number of para-hydroxylation sites is 2. The highest BCUT2D eigenvalue weighted by Gasteiger charge is 2.13. The van der Waals surface area contributed by atoms with Crippen molar-refractivity contribution in [1.82, 2.24) is 9.13 Å². The average molecular weight is 297 g/mol. The number of hydrogen-bond acceptors (Lipinski definition) is 3. The zero-order valence-electron chi connectivity index (χ0n) is 12.7. The van der Waals surface area contributed by atoms with Crippen molar-refractivity contribution in [2.24, 2.45) is 7.05 Å². The molecule has 22 heavy (non-hydrogen) atoms. The highest BCUT2D eigenvalue weighted by atomic mass is 16.5. The summed E-state index contributed by atoms with van der Waals surface area (Å²) >= 11 is 0. The largest absolute Gasteiger partial charge is 0.497 e. The van der Waals surface area contributed by atoms with Crippen LogP contribution in [0.5, 0.6) is 5.75 Å². The van der Waals surface area contributed by atoms with Crippen molar-refractivity contribution in [2.45, 2.75) is 12.6 Å². The summed E-state index contributed by atoms with van der Waals surface area (Å²) in [5.74, 6) is 0.759. The van der Waals surface area contributed by atoms with Crippen molar-refractivity contribution in [1.29, 1.82) is 5.41 Å². The van der Waals surface area contributed by atoms with Crippen molar-refractivity contribution in [3.8, 4) is 5.75 Å². The van der Waals surface area contributed by atoms with Crippen LogP contribution in [0.25, 0.3) is 11.0 Å². The van der Waals surface area contributed by atoms with Gasteiger partial charge in [0.15, 0.2) is 0 Å². The number of aliphatic hydroxyl groups excluding tert-OH is 1. The normalized spacial score (nSPS) is 12.5. The Bertz CT molecular complexity index is 846. The van der Waals surface area contributed by atoms with E-state index < -0.39 is 6.10 Å². The molecule has 0 saturated carbocycles. The molecule has 1 heterocycles. The molecule has 5 heteroatoms. The van der Waals surface area contributed by atoms with E-state index in [1.807, 2.05) is 64.7 Å². The van der Waals surface area contributed by atoms with Crippen LogP contribution in [0.2, 0.25) is 0 Å². The smallest absolute Gasteiger partial charge is 0.202 e. The molecule has 0 unspecified atom stereocenters. The number of aliphatic hydroxyl groups is 1. The van der Waals surface area contributed by atoms with Gasteiger partial charge in [0, 0.05) is 7.05 Å². The molecular formula is C17H19N3O2. The van der Waals surface area contributed by atoms with Crippen molar-refractivity contribution >= 4 is 11.0 Å². The Morgan fingerprint density at radius 2 is 1.73 bits per heavy atom. The predicted octanol–water partition coefficient (Wildman–Crippen LogP) is 2.20. The van der Waals surface area contributed by atoms with Crippen LogP contribution in [0.4, 0.5) is 0 Å². The molecule has 114 valence electrons. The van der Waals surface area contributed by atoms with E-state index in [9.17, 15) is 5.11 Å². The van der Waals surface area contributed by atoms with Crippen LogP contribution in [0.1, 0.15) is 11.7 Å². The number of rotatable bonds is 4. The molecule has 0 aliphatic heterocycles. The van der Waals surface area contributed by atoms with E-state index in [4.69, 9.17) is 10.1 Å². The Kier molecular flexibility index (Phi) is 3.73. The summed E-state index contributed by atoms with van der Waals surface area (Å²) in [4.78, 5) is 0. The maximum Gasteiger partial charge on any atom is 0.202 e. The van der Waals surface area contributed by atoms with Gasteiger partial charge >= 0.3 is 0 Å². The van der Waals surface area contributed by atoms with Gasteiger partial charge in [-0.25, -0.2) is 0 Å². The standard InChI is InChI=1S/C17H19N3O2/c1-19-14-5-3-4-6-15(14)20(17(19)18)11-16(21)12-7-9-13(22-2)10-8-12/h3-10,16,18,21H,11H2,1-2H3/t16-/m1/s1. The summed E-state index contributed by atoms with van der Waals surface area (Å²) in [5.41, 5.74) is 3.10. The number of aromatic nitrogens is 2. The first kappa shape index (κ1) is 14.4. The molecular weight excluding hydrogens is 278 g/mol. The fourth-order valence-electron chi connectivity index (χ4n) is 2.67. The van der Waals surface area contributed by atoms with Crippen LogP contribution < -0.4 is 10.4 Å². The molecule has 2 N–H and O–H groups in total. The van der Waals surface area contributed by atoms with Crippen LogP contribution >= 0.6 is 0 Å². The molecule has 0 saturated heterocycles. The lowest BCUT2D eigenvalue weighted by Gasteiger charge is -2.13. The number of fused-ring (bicyclic) bond motifs is 1. The zero-order chi connectivity index (χ0) is 15.7. The Balaban J connectivity index is 1.95. The lowest BCUT2D eigenvalue weighted by atomic mass is 10.1. The summed E-state index contributed by atoms with van der Waals surface area (Å²) in [7, 11) is 3.48. The molecule has 2 aromatic carbocycles. The summed E-state index contributed by atoms with van der Waals surface area (Å²) in [6, 6.07) is 15.2. The monoisotopic (exact) mass is 297 g/mol. The van der Waals surface area contributed by atoms with Gasteiger partial charge in [0.05, 0.1) is 30.8 Å². The van der Waals surface area contributed by atoms with Crippen molar-refractivity contribution < 1.29 is 9.84 Å². The molecule has 0 fully saturated rings. The molecule has 1 atom stereocenters. The van der Waals surface area contributed by atoms with E-state index in [0.717, 1.165) is 22.3 Å². The fourth-order valence-corrected chi connectivity index (χ4v) is 2.67. The molecule has 1 aromatic heterocycles. The van der Waals surface area contributed by atoms with Gasteiger partial charge in [-0.2, -0.15) is 0 Å². The van der Waals surface area contributed by atoms with Crippen molar-refractivity contribution in [3.05, 3.63) is 59.7 Å². The summed E-state index contributed by atoms with van der Waals surface area (Å²) in [6.45, 7) is 0.340. The molecule has 0 aliphatic rings. The minimum atomic E-state index is -0.675. The van der Waals surface area contributed by atoms with Gasteiger partial charge in [0.2, 0.25) is 5.62 Å². The first-order valence-electron chi connectivity index (χ1n) is 7.12. The second-order valence-electron chi connectivity index (χ2n) is 5.27. The maximum atomic E-state index is 10.5. The summed E-state index contributed by atoms with van der Waals surface area (Å²) in [5, 5.41) is 18.7. The van der Waals surface area contributed by atoms with E-state index in [2.05, 4.69) is 0 Å². The molecule has 3 rings (SSSR count). The van der Waals surface area contributed by atoms with Gasteiger partial charge in [-0.05, 0) is 29.8 Å². The third-order valence-electron chi connectivity index (χ3n) is 3.96. The minimum Gasteiger partial charge on any atom is -0.497 e. The second kappa shape index (κ2) is 5.69. The Labute approximate surface area is 128 Å². The van der Waals surface area contributed by atoms with Crippen molar-refractivity contribution in [3.63, 3.8) is 0 Å². The SMILES string of the molecule is COc1ccc([C@H](O)Cn2c(=N)n(C)c3ccccc32)cc1. The number of methoxy groups -OCH3 is 1. The Morgan fingerprint density at radius 3 is 2.36 bits per heavy atom. The third kappa shape index (κ3) is 2.40. The van der Waals surface area contributed by atoms with Gasteiger partial charge in [0.25, 0.3) is 0 Å². The number of hydrogen-bond donors (Lipinski definition) is 2. The molecule has 3 aromatic rings. The highest BCUT2D eigenvalue weighted by Crippen LogP contribution is 2.20. The third-order valence-corrected chi connectivity index (χ3v) is 3.96. The molecule has 0 radical (unpaired) electrons. The number of imidazole rings is 1. The van der Waals surface area contributed by atoms with Crippen molar-refractivity contribution in [2.75, 3.05) is 7.11 Å². The number of nitrogens with one attached hydrogen (secondary N) is 1. The summed E-state index contributed by atoms with van der Waals surface area (Å²) in [6.07, 6.45) is -0.675. The number of aryl methyl sites for hydroxylation is 1. The van der Waals surface area contributed by atoms with E-state index in [0.29, 0.717) is 12.2 Å².